The van der Waals surface area contributed by atoms with Crippen molar-refractivity contribution in [3.05, 3.63) is 72.9 Å². The fourth-order valence-electron chi connectivity index (χ4n) is 2.29. The molecule has 1 aromatic carbocycles. The van der Waals surface area contributed by atoms with Crippen LogP contribution >= 0.6 is 7.92 Å². The van der Waals surface area contributed by atoms with Gasteiger partial charge in [0.05, 0.1) is 0 Å². The first kappa shape index (κ1) is 17.6. The van der Waals surface area contributed by atoms with Crippen LogP contribution in [0.1, 0.15) is 18.4 Å². The largest absolute Gasteiger partial charge is 0.300 e. The third-order valence-electron chi connectivity index (χ3n) is 3.57. The van der Waals surface area contributed by atoms with Gasteiger partial charge in [0.1, 0.15) is 5.78 Å². The van der Waals surface area contributed by atoms with E-state index in [-0.39, 0.29) is 7.92 Å². The maximum atomic E-state index is 11.4. The molecule has 112 valence electrons. The second kappa shape index (κ2) is 9.47. The van der Waals surface area contributed by atoms with Crippen LogP contribution in [0.15, 0.2) is 67.3 Å². The van der Waals surface area contributed by atoms with Crippen molar-refractivity contribution in [3.8, 4) is 0 Å². The topological polar surface area (TPSA) is 17.1 Å². The average Bonchev–Trinajstić information content (AvgIpc) is 2.49. The predicted octanol–water partition coefficient (Wildman–Crippen LogP) is 5.12. The fraction of sp³-hybridized carbons (Fsp3) is 0.316. The number of ketones is 1. The summed E-state index contributed by atoms with van der Waals surface area (Å²) in [5.41, 5.74) is 2.92. The molecule has 0 saturated carbocycles. The molecule has 1 heterocycles. The zero-order valence-corrected chi connectivity index (χ0v) is 14.0. The second-order valence-electron chi connectivity index (χ2n) is 5.25. The lowest BCUT2D eigenvalue weighted by Gasteiger charge is -2.29. The Labute approximate surface area is 130 Å². The van der Waals surface area contributed by atoms with E-state index in [1.807, 2.05) is 30.4 Å². The van der Waals surface area contributed by atoms with Gasteiger partial charge in [0.15, 0.2) is 0 Å². The summed E-state index contributed by atoms with van der Waals surface area (Å²) in [6.45, 7) is 11.8. The summed E-state index contributed by atoms with van der Waals surface area (Å²) in [5.74, 6) is 0.396. The van der Waals surface area contributed by atoms with Gasteiger partial charge >= 0.3 is 0 Å². The zero-order valence-electron chi connectivity index (χ0n) is 13.1. The SMILES string of the molecule is C=C/C=C(\C=C)C1CC(=O)CCP1C.Cc1ccccc1. The fourth-order valence-corrected chi connectivity index (χ4v) is 4.42. The minimum absolute atomic E-state index is 0.0466. The molecule has 0 aliphatic carbocycles. The maximum absolute atomic E-state index is 11.4. The summed E-state index contributed by atoms with van der Waals surface area (Å²) in [7, 11) is -0.0466. The summed E-state index contributed by atoms with van der Waals surface area (Å²) in [5, 5.41) is 0. The minimum Gasteiger partial charge on any atom is -0.300 e. The predicted molar refractivity (Wildman–Crippen MR) is 95.4 cm³/mol. The van der Waals surface area contributed by atoms with Crippen LogP contribution < -0.4 is 0 Å². The third kappa shape index (κ3) is 6.23. The van der Waals surface area contributed by atoms with E-state index in [0.29, 0.717) is 17.9 Å². The number of hydrogen-bond acceptors (Lipinski definition) is 1. The molecular weight excluding hydrogens is 275 g/mol. The Morgan fingerprint density at radius 1 is 1.29 bits per heavy atom. The highest BCUT2D eigenvalue weighted by Gasteiger charge is 2.27. The van der Waals surface area contributed by atoms with Crippen molar-refractivity contribution in [2.75, 3.05) is 12.8 Å². The number of allylic oxidation sites excluding steroid dienone is 4. The standard InChI is InChI=1S/C12H17OP.C7H8/c1-4-6-10(5-2)12-9-11(13)7-8-14(12)3;1-7-5-3-2-4-6-7/h4-6,12H,1-2,7-9H2,3H3;2-6H,1H3/b10-6+;. The van der Waals surface area contributed by atoms with Crippen molar-refractivity contribution < 1.29 is 4.79 Å². The number of carbonyl (C=O) groups excluding carboxylic acids is 1. The van der Waals surface area contributed by atoms with Gasteiger partial charge in [-0.05, 0) is 25.3 Å². The van der Waals surface area contributed by atoms with Crippen molar-refractivity contribution in [1.82, 2.24) is 0 Å². The lowest BCUT2D eigenvalue weighted by Crippen LogP contribution is -2.21. The van der Waals surface area contributed by atoms with E-state index in [0.717, 1.165) is 12.6 Å². The third-order valence-corrected chi connectivity index (χ3v) is 6.04. The maximum Gasteiger partial charge on any atom is 0.134 e. The highest BCUT2D eigenvalue weighted by Crippen LogP contribution is 2.47. The van der Waals surface area contributed by atoms with Crippen LogP contribution in [-0.2, 0) is 4.79 Å². The van der Waals surface area contributed by atoms with Crippen molar-refractivity contribution >= 4 is 13.7 Å². The Hall–Kier alpha value is -1.46. The molecule has 0 radical (unpaired) electrons. The van der Waals surface area contributed by atoms with Gasteiger partial charge in [0.2, 0.25) is 0 Å². The lowest BCUT2D eigenvalue weighted by molar-refractivity contribution is -0.118. The number of carbonyl (C=O) groups is 1. The summed E-state index contributed by atoms with van der Waals surface area (Å²) in [6, 6.07) is 10.3. The Balaban J connectivity index is 0.000000262. The summed E-state index contributed by atoms with van der Waals surface area (Å²) in [6.07, 6.45) is 8.17. The molecule has 21 heavy (non-hydrogen) atoms. The van der Waals surface area contributed by atoms with Crippen molar-refractivity contribution in [2.24, 2.45) is 0 Å². The number of rotatable bonds is 3. The average molecular weight is 300 g/mol. The first-order valence-corrected chi connectivity index (χ1v) is 9.31. The molecule has 0 bridgehead atoms. The van der Waals surface area contributed by atoms with Crippen molar-refractivity contribution in [3.63, 3.8) is 0 Å². The smallest absolute Gasteiger partial charge is 0.134 e. The molecule has 1 aliphatic heterocycles. The molecule has 1 nitrogen and oxygen atoms in total. The summed E-state index contributed by atoms with van der Waals surface area (Å²) < 4.78 is 0. The molecule has 1 fully saturated rings. The van der Waals surface area contributed by atoms with E-state index in [9.17, 15) is 4.79 Å². The molecule has 2 heteroatoms. The van der Waals surface area contributed by atoms with E-state index >= 15 is 0 Å². The van der Waals surface area contributed by atoms with Crippen LogP contribution in [-0.4, -0.2) is 24.3 Å². The van der Waals surface area contributed by atoms with Crippen molar-refractivity contribution in [1.29, 1.82) is 0 Å². The number of hydrogen-bond donors (Lipinski definition) is 0. The number of aryl methyl sites for hydroxylation is 1. The minimum atomic E-state index is -0.0466. The normalized spacial score (nSPS) is 22.0. The number of benzene rings is 1. The quantitative estimate of drug-likeness (QED) is 0.559. The summed E-state index contributed by atoms with van der Waals surface area (Å²) >= 11 is 0. The summed E-state index contributed by atoms with van der Waals surface area (Å²) in [4.78, 5) is 11.4. The van der Waals surface area contributed by atoms with Gasteiger partial charge in [-0.3, -0.25) is 4.79 Å². The molecule has 0 aromatic heterocycles. The van der Waals surface area contributed by atoms with E-state index in [1.54, 1.807) is 6.08 Å². The molecule has 1 aromatic rings. The van der Waals surface area contributed by atoms with E-state index < -0.39 is 0 Å². The molecule has 0 N–H and O–H groups in total. The molecule has 1 saturated heterocycles. The van der Waals surface area contributed by atoms with Crippen LogP contribution in [0.3, 0.4) is 0 Å². The molecular formula is C19H25OP. The Morgan fingerprint density at radius 3 is 2.43 bits per heavy atom. The molecule has 2 atom stereocenters. The van der Waals surface area contributed by atoms with Crippen LogP contribution in [0.2, 0.25) is 0 Å². The molecule has 0 amide bonds. The van der Waals surface area contributed by atoms with Gasteiger partial charge < -0.3 is 0 Å². The van der Waals surface area contributed by atoms with E-state index in [1.165, 1.54) is 11.1 Å². The first-order valence-electron chi connectivity index (χ1n) is 7.27. The van der Waals surface area contributed by atoms with Crippen LogP contribution in [0.5, 0.6) is 0 Å². The monoisotopic (exact) mass is 300 g/mol. The van der Waals surface area contributed by atoms with Gasteiger partial charge in [0.25, 0.3) is 0 Å². The van der Waals surface area contributed by atoms with E-state index in [4.69, 9.17) is 0 Å². The van der Waals surface area contributed by atoms with Crippen LogP contribution in [0.25, 0.3) is 0 Å². The highest BCUT2D eigenvalue weighted by molar-refractivity contribution is 7.58. The molecule has 1 aliphatic rings. The lowest BCUT2D eigenvalue weighted by atomic mass is 10.1. The van der Waals surface area contributed by atoms with Gasteiger partial charge in [0, 0.05) is 18.5 Å². The van der Waals surface area contributed by atoms with Crippen LogP contribution in [0.4, 0.5) is 0 Å². The van der Waals surface area contributed by atoms with Gasteiger partial charge in [-0.1, -0.05) is 67.3 Å². The van der Waals surface area contributed by atoms with Gasteiger partial charge in [-0.15, -0.1) is 7.92 Å². The number of Topliss-reactive ketones (excluding diaryl/α,β-unsaturated/α-hetero) is 1. The molecule has 2 rings (SSSR count). The second-order valence-corrected chi connectivity index (χ2v) is 7.83. The highest BCUT2D eigenvalue weighted by atomic mass is 31.1. The van der Waals surface area contributed by atoms with Gasteiger partial charge in [-0.2, -0.15) is 0 Å². The van der Waals surface area contributed by atoms with E-state index in [2.05, 4.69) is 38.9 Å². The first-order chi connectivity index (χ1) is 10.1. The Morgan fingerprint density at radius 2 is 1.95 bits per heavy atom. The van der Waals surface area contributed by atoms with Crippen molar-refractivity contribution in [2.45, 2.75) is 25.4 Å². The molecule has 2 unspecified atom stereocenters. The van der Waals surface area contributed by atoms with Gasteiger partial charge in [-0.25, -0.2) is 0 Å². The Kier molecular flexibility index (Phi) is 7.93. The van der Waals surface area contributed by atoms with Crippen LogP contribution in [0, 0.1) is 6.92 Å². The zero-order chi connectivity index (χ0) is 15.7. The Bertz CT molecular complexity index is 502. The molecule has 0 spiro atoms.